The number of carbonyl (C=O) groups is 1. The zero-order chi connectivity index (χ0) is 14.7. The number of rotatable bonds is 6. The molecule has 0 amide bonds. The van der Waals surface area contributed by atoms with Crippen molar-refractivity contribution < 1.29 is 9.90 Å². The fourth-order valence-corrected chi connectivity index (χ4v) is 3.20. The van der Waals surface area contributed by atoms with Gasteiger partial charge in [-0.15, -0.1) is 11.3 Å². The summed E-state index contributed by atoms with van der Waals surface area (Å²) in [5.74, 6) is -0.815. The van der Waals surface area contributed by atoms with Gasteiger partial charge in [-0.05, 0) is 6.42 Å². The van der Waals surface area contributed by atoms with Crippen molar-refractivity contribution in [1.29, 1.82) is 0 Å². The lowest BCUT2D eigenvalue weighted by Crippen LogP contribution is -2.40. The first-order chi connectivity index (χ1) is 8.75. The summed E-state index contributed by atoms with van der Waals surface area (Å²) in [6.07, 6.45) is 1.82. The summed E-state index contributed by atoms with van der Waals surface area (Å²) in [5, 5.41) is 12.4. The van der Waals surface area contributed by atoms with Crippen molar-refractivity contribution in [2.75, 3.05) is 6.54 Å². The molecule has 1 aromatic heterocycles. The van der Waals surface area contributed by atoms with E-state index in [0.717, 1.165) is 17.1 Å². The number of hydrogen-bond donors (Lipinski definition) is 2. The summed E-state index contributed by atoms with van der Waals surface area (Å²) >= 11 is 1.53. The van der Waals surface area contributed by atoms with Gasteiger partial charge in [-0.1, -0.05) is 34.1 Å². The van der Waals surface area contributed by atoms with E-state index < -0.39 is 11.4 Å². The average Bonchev–Trinajstić information content (AvgIpc) is 2.76. The van der Waals surface area contributed by atoms with Gasteiger partial charge in [0.15, 0.2) is 0 Å². The molecular formula is C14H24N2O2S. The fourth-order valence-electron chi connectivity index (χ4n) is 2.04. The number of thiazole rings is 1. The molecule has 0 radical (unpaired) electrons. The highest BCUT2D eigenvalue weighted by molar-refractivity contribution is 7.09. The molecule has 1 unspecified atom stereocenters. The molecule has 5 heteroatoms. The highest BCUT2D eigenvalue weighted by atomic mass is 32.1. The van der Waals surface area contributed by atoms with E-state index >= 15 is 0 Å². The molecule has 0 aromatic carbocycles. The maximum Gasteiger partial charge on any atom is 0.311 e. The van der Waals surface area contributed by atoms with Crippen molar-refractivity contribution >= 4 is 17.3 Å². The molecule has 1 rings (SSSR count). The third-order valence-electron chi connectivity index (χ3n) is 3.38. The van der Waals surface area contributed by atoms with Gasteiger partial charge in [0.2, 0.25) is 0 Å². The van der Waals surface area contributed by atoms with Crippen LogP contribution >= 0.6 is 11.3 Å². The first kappa shape index (κ1) is 16.1. The smallest absolute Gasteiger partial charge is 0.311 e. The van der Waals surface area contributed by atoms with Crippen molar-refractivity contribution in [2.45, 2.75) is 52.4 Å². The lowest BCUT2D eigenvalue weighted by atomic mass is 9.80. The summed E-state index contributed by atoms with van der Waals surface area (Å²) in [5.41, 5.74) is 5.87. The van der Waals surface area contributed by atoms with Crippen LogP contribution in [0.3, 0.4) is 0 Å². The van der Waals surface area contributed by atoms with E-state index in [4.69, 9.17) is 5.73 Å². The number of nitrogens with two attached hydrogens (primary N) is 1. The monoisotopic (exact) mass is 284 g/mol. The fraction of sp³-hybridized carbons (Fsp3) is 0.714. The Balaban J connectivity index is 2.97. The molecule has 3 N–H and O–H groups in total. The maximum absolute atomic E-state index is 11.5. The van der Waals surface area contributed by atoms with Crippen LogP contribution < -0.4 is 5.73 Å². The minimum Gasteiger partial charge on any atom is -0.481 e. The van der Waals surface area contributed by atoms with Crippen LogP contribution in [0.15, 0.2) is 5.38 Å². The number of nitrogens with zero attached hydrogens (tertiary/aromatic N) is 1. The van der Waals surface area contributed by atoms with Crippen LogP contribution in [0.2, 0.25) is 0 Å². The van der Waals surface area contributed by atoms with E-state index in [1.54, 1.807) is 0 Å². The maximum atomic E-state index is 11.5. The van der Waals surface area contributed by atoms with Crippen LogP contribution in [-0.2, 0) is 16.6 Å². The Morgan fingerprint density at radius 1 is 1.47 bits per heavy atom. The van der Waals surface area contributed by atoms with Crippen molar-refractivity contribution in [3.05, 3.63) is 16.1 Å². The van der Waals surface area contributed by atoms with Crippen molar-refractivity contribution in [3.63, 3.8) is 0 Å². The molecule has 0 saturated carbocycles. The number of aliphatic carboxylic acids is 1. The molecule has 0 fully saturated rings. The molecule has 0 saturated heterocycles. The Morgan fingerprint density at radius 3 is 2.47 bits per heavy atom. The third-order valence-corrected chi connectivity index (χ3v) is 4.23. The minimum absolute atomic E-state index is 0.00585. The molecule has 0 aliphatic rings. The SMILES string of the molecule is CCCC(CN)(Cc1nc(C(C)(C)C)cs1)C(=O)O. The normalized spacial score (nSPS) is 15.2. The third kappa shape index (κ3) is 3.76. The van der Waals surface area contributed by atoms with Crippen molar-refractivity contribution in [1.82, 2.24) is 4.98 Å². The van der Waals surface area contributed by atoms with Crippen molar-refractivity contribution in [2.24, 2.45) is 11.1 Å². The van der Waals surface area contributed by atoms with E-state index in [0.29, 0.717) is 12.8 Å². The van der Waals surface area contributed by atoms with Gasteiger partial charge >= 0.3 is 5.97 Å². The second-order valence-corrected chi connectivity index (χ2v) is 7.04. The molecular weight excluding hydrogens is 260 g/mol. The zero-order valence-electron chi connectivity index (χ0n) is 12.2. The van der Waals surface area contributed by atoms with E-state index in [2.05, 4.69) is 25.8 Å². The van der Waals surface area contributed by atoms with E-state index in [-0.39, 0.29) is 12.0 Å². The Morgan fingerprint density at radius 2 is 2.11 bits per heavy atom. The first-order valence-corrected chi connectivity index (χ1v) is 7.51. The Labute approximate surface area is 119 Å². The van der Waals surface area contributed by atoms with Crippen LogP contribution in [0.5, 0.6) is 0 Å². The van der Waals surface area contributed by atoms with Gasteiger partial charge in [-0.2, -0.15) is 0 Å². The van der Waals surface area contributed by atoms with Gasteiger partial charge in [0.25, 0.3) is 0 Å². The van der Waals surface area contributed by atoms with Gasteiger partial charge in [-0.25, -0.2) is 4.98 Å². The molecule has 1 aromatic rings. The van der Waals surface area contributed by atoms with Crippen LogP contribution in [0, 0.1) is 5.41 Å². The van der Waals surface area contributed by atoms with E-state index in [1.165, 1.54) is 11.3 Å². The summed E-state index contributed by atoms with van der Waals surface area (Å²) in [7, 11) is 0. The number of carboxylic acid groups (broad SMARTS) is 1. The number of aromatic nitrogens is 1. The summed E-state index contributed by atoms with van der Waals surface area (Å²) in [6, 6.07) is 0. The molecule has 108 valence electrons. The molecule has 1 heterocycles. The highest BCUT2D eigenvalue weighted by Crippen LogP contribution is 2.31. The van der Waals surface area contributed by atoms with Crippen LogP contribution in [-0.4, -0.2) is 22.6 Å². The average molecular weight is 284 g/mol. The predicted octanol–water partition coefficient (Wildman–Crippen LogP) is 2.81. The van der Waals surface area contributed by atoms with Crippen LogP contribution in [0.25, 0.3) is 0 Å². The molecule has 0 aliphatic carbocycles. The van der Waals surface area contributed by atoms with Gasteiger partial charge < -0.3 is 10.8 Å². The van der Waals surface area contributed by atoms with E-state index in [9.17, 15) is 9.90 Å². The topological polar surface area (TPSA) is 76.2 Å². The van der Waals surface area contributed by atoms with Crippen LogP contribution in [0.4, 0.5) is 0 Å². The molecule has 4 nitrogen and oxygen atoms in total. The predicted molar refractivity (Wildman–Crippen MR) is 78.5 cm³/mol. The molecule has 19 heavy (non-hydrogen) atoms. The van der Waals surface area contributed by atoms with Gasteiger partial charge in [0.1, 0.15) is 0 Å². The summed E-state index contributed by atoms with van der Waals surface area (Å²) in [4.78, 5) is 16.1. The number of hydrogen-bond acceptors (Lipinski definition) is 4. The highest BCUT2D eigenvalue weighted by Gasteiger charge is 2.37. The van der Waals surface area contributed by atoms with Crippen LogP contribution in [0.1, 0.15) is 51.2 Å². The second-order valence-electron chi connectivity index (χ2n) is 6.09. The second kappa shape index (κ2) is 6.01. The quantitative estimate of drug-likeness (QED) is 0.842. The van der Waals surface area contributed by atoms with E-state index in [1.807, 2.05) is 12.3 Å². The zero-order valence-corrected chi connectivity index (χ0v) is 13.0. The summed E-state index contributed by atoms with van der Waals surface area (Å²) < 4.78 is 0. The lowest BCUT2D eigenvalue weighted by molar-refractivity contribution is -0.148. The molecule has 1 atom stereocenters. The Kier molecular flexibility index (Phi) is 5.10. The first-order valence-electron chi connectivity index (χ1n) is 6.63. The van der Waals surface area contributed by atoms with Gasteiger partial charge in [0, 0.05) is 23.8 Å². The van der Waals surface area contributed by atoms with Gasteiger partial charge in [0.05, 0.1) is 16.1 Å². The molecule has 0 bridgehead atoms. The minimum atomic E-state index is -0.873. The lowest BCUT2D eigenvalue weighted by Gasteiger charge is -2.26. The largest absolute Gasteiger partial charge is 0.481 e. The Bertz CT molecular complexity index is 437. The molecule has 0 spiro atoms. The standard InChI is InChI=1S/C14H24N2O2S/c1-5-6-14(9-15,12(17)18)7-11-16-10(8-19-11)13(2,3)4/h8H,5-7,9,15H2,1-4H3,(H,17,18). The molecule has 0 aliphatic heterocycles. The van der Waals surface area contributed by atoms with Gasteiger partial charge in [-0.3, -0.25) is 4.79 Å². The Hall–Kier alpha value is -0.940. The summed E-state index contributed by atoms with van der Waals surface area (Å²) in [6.45, 7) is 8.44. The van der Waals surface area contributed by atoms with Crippen molar-refractivity contribution in [3.8, 4) is 0 Å². The number of carboxylic acids is 1.